The standard InChI is InChI=1S/C17H23ClN2O3/c1-17(2,11-18)16(22)19-9-12-8-15(21)20(10-12)13-4-6-14(23-3)7-5-13/h4-7,12H,8-11H2,1-3H3,(H,19,22). The summed E-state index contributed by atoms with van der Waals surface area (Å²) in [5, 5.41) is 2.90. The minimum absolute atomic E-state index is 0.0750. The molecule has 0 aromatic heterocycles. The van der Waals surface area contributed by atoms with Gasteiger partial charge in [0.1, 0.15) is 5.75 Å². The lowest BCUT2D eigenvalue weighted by atomic mass is 9.95. The molecule has 1 fully saturated rings. The highest BCUT2D eigenvalue weighted by Gasteiger charge is 2.32. The van der Waals surface area contributed by atoms with Crippen molar-refractivity contribution in [2.75, 3.05) is 31.0 Å². The number of ether oxygens (including phenoxy) is 1. The van der Waals surface area contributed by atoms with Crippen molar-refractivity contribution in [2.45, 2.75) is 20.3 Å². The maximum absolute atomic E-state index is 12.2. The Morgan fingerprint density at radius 2 is 2.04 bits per heavy atom. The number of carbonyl (C=O) groups excluding carboxylic acids is 2. The number of alkyl halides is 1. The molecule has 0 radical (unpaired) electrons. The number of hydrogen-bond acceptors (Lipinski definition) is 3. The third-order valence-electron chi connectivity index (χ3n) is 4.09. The van der Waals surface area contributed by atoms with Crippen LogP contribution in [-0.4, -0.2) is 37.9 Å². The largest absolute Gasteiger partial charge is 0.497 e. The smallest absolute Gasteiger partial charge is 0.227 e. The number of nitrogens with zero attached hydrogens (tertiary/aromatic N) is 1. The molecule has 1 saturated heterocycles. The number of anilines is 1. The Bertz CT molecular complexity index is 572. The van der Waals surface area contributed by atoms with E-state index in [9.17, 15) is 9.59 Å². The van der Waals surface area contributed by atoms with Crippen molar-refractivity contribution in [2.24, 2.45) is 11.3 Å². The minimum atomic E-state index is -0.597. The van der Waals surface area contributed by atoms with E-state index < -0.39 is 5.41 Å². The van der Waals surface area contributed by atoms with Gasteiger partial charge in [-0.3, -0.25) is 9.59 Å². The van der Waals surface area contributed by atoms with Gasteiger partial charge in [0, 0.05) is 37.0 Å². The van der Waals surface area contributed by atoms with E-state index in [1.165, 1.54) is 0 Å². The van der Waals surface area contributed by atoms with E-state index >= 15 is 0 Å². The van der Waals surface area contributed by atoms with Gasteiger partial charge in [-0.05, 0) is 38.1 Å². The van der Waals surface area contributed by atoms with Crippen LogP contribution in [0.3, 0.4) is 0 Å². The normalized spacial score (nSPS) is 18.2. The summed E-state index contributed by atoms with van der Waals surface area (Å²) in [6.07, 6.45) is 0.438. The molecule has 0 saturated carbocycles. The van der Waals surface area contributed by atoms with Crippen LogP contribution in [0.2, 0.25) is 0 Å². The van der Waals surface area contributed by atoms with E-state index in [-0.39, 0.29) is 23.6 Å². The maximum atomic E-state index is 12.2. The number of carbonyl (C=O) groups is 2. The predicted molar refractivity (Wildman–Crippen MR) is 91.0 cm³/mol. The van der Waals surface area contributed by atoms with Gasteiger partial charge in [-0.2, -0.15) is 0 Å². The lowest BCUT2D eigenvalue weighted by Gasteiger charge is -2.22. The molecule has 0 bridgehead atoms. The van der Waals surface area contributed by atoms with Crippen molar-refractivity contribution in [3.8, 4) is 5.75 Å². The summed E-state index contributed by atoms with van der Waals surface area (Å²) in [5.74, 6) is 1.13. The van der Waals surface area contributed by atoms with Gasteiger partial charge in [0.15, 0.2) is 0 Å². The molecule has 0 aliphatic carbocycles. The van der Waals surface area contributed by atoms with E-state index in [4.69, 9.17) is 16.3 Å². The fourth-order valence-corrected chi connectivity index (χ4v) is 2.59. The molecule has 2 rings (SSSR count). The minimum Gasteiger partial charge on any atom is -0.497 e. The average molecular weight is 339 g/mol. The number of rotatable bonds is 6. The third-order valence-corrected chi connectivity index (χ3v) is 4.76. The van der Waals surface area contributed by atoms with Crippen molar-refractivity contribution in [1.29, 1.82) is 0 Å². The van der Waals surface area contributed by atoms with E-state index in [0.717, 1.165) is 11.4 Å². The Kier molecular flexibility index (Phi) is 5.52. The Morgan fingerprint density at radius 3 is 2.61 bits per heavy atom. The van der Waals surface area contributed by atoms with Crippen molar-refractivity contribution in [3.05, 3.63) is 24.3 Å². The average Bonchev–Trinajstić information content (AvgIpc) is 2.93. The highest BCUT2D eigenvalue weighted by molar-refractivity contribution is 6.19. The summed E-state index contributed by atoms with van der Waals surface area (Å²) in [5.41, 5.74) is 0.255. The molecule has 2 amide bonds. The SMILES string of the molecule is COc1ccc(N2CC(CNC(=O)C(C)(C)CCl)CC2=O)cc1. The fourth-order valence-electron chi connectivity index (χ4n) is 2.47. The summed E-state index contributed by atoms with van der Waals surface area (Å²) < 4.78 is 5.13. The Hall–Kier alpha value is -1.75. The quantitative estimate of drug-likeness (QED) is 0.810. The maximum Gasteiger partial charge on any atom is 0.227 e. The topological polar surface area (TPSA) is 58.6 Å². The molecule has 1 N–H and O–H groups in total. The van der Waals surface area contributed by atoms with Gasteiger partial charge in [-0.25, -0.2) is 0 Å². The fraction of sp³-hybridized carbons (Fsp3) is 0.529. The van der Waals surface area contributed by atoms with Crippen molar-refractivity contribution >= 4 is 29.1 Å². The van der Waals surface area contributed by atoms with Gasteiger partial charge in [-0.1, -0.05) is 0 Å². The van der Waals surface area contributed by atoms with Crippen LogP contribution in [0.15, 0.2) is 24.3 Å². The highest BCUT2D eigenvalue weighted by Crippen LogP contribution is 2.26. The second kappa shape index (κ2) is 7.21. The van der Waals surface area contributed by atoms with Gasteiger partial charge in [-0.15, -0.1) is 11.6 Å². The first-order valence-corrected chi connectivity index (χ1v) is 8.19. The molecule has 1 heterocycles. The number of halogens is 1. The molecule has 1 unspecified atom stereocenters. The molecule has 1 atom stereocenters. The van der Waals surface area contributed by atoms with E-state index in [1.807, 2.05) is 24.3 Å². The lowest BCUT2D eigenvalue weighted by Crippen LogP contribution is -2.40. The highest BCUT2D eigenvalue weighted by atomic mass is 35.5. The van der Waals surface area contributed by atoms with E-state index in [2.05, 4.69) is 5.32 Å². The molecular formula is C17H23ClN2O3. The van der Waals surface area contributed by atoms with Crippen LogP contribution in [0.1, 0.15) is 20.3 Å². The molecule has 0 spiro atoms. The van der Waals surface area contributed by atoms with Crippen LogP contribution in [0.5, 0.6) is 5.75 Å². The molecule has 1 aliphatic heterocycles. The molecule has 126 valence electrons. The van der Waals surface area contributed by atoms with Crippen molar-refractivity contribution in [1.82, 2.24) is 5.32 Å². The number of benzene rings is 1. The molecular weight excluding hydrogens is 316 g/mol. The lowest BCUT2D eigenvalue weighted by molar-refractivity contribution is -0.128. The summed E-state index contributed by atoms with van der Waals surface area (Å²) >= 11 is 5.80. The summed E-state index contributed by atoms with van der Waals surface area (Å²) in [7, 11) is 1.61. The van der Waals surface area contributed by atoms with Gasteiger partial charge in [0.25, 0.3) is 0 Å². The van der Waals surface area contributed by atoms with Crippen LogP contribution in [0.4, 0.5) is 5.69 Å². The Morgan fingerprint density at radius 1 is 1.39 bits per heavy atom. The Balaban J connectivity index is 1.93. The molecule has 5 nitrogen and oxygen atoms in total. The first-order valence-electron chi connectivity index (χ1n) is 7.66. The number of amides is 2. The van der Waals surface area contributed by atoms with Gasteiger partial charge in [0.05, 0.1) is 12.5 Å². The molecule has 1 aromatic rings. The monoisotopic (exact) mass is 338 g/mol. The van der Waals surface area contributed by atoms with Crippen LogP contribution in [-0.2, 0) is 9.59 Å². The number of hydrogen-bond donors (Lipinski definition) is 1. The molecule has 1 aliphatic rings. The second-order valence-electron chi connectivity index (χ2n) is 6.50. The molecule has 1 aromatic carbocycles. The third kappa shape index (κ3) is 4.16. The van der Waals surface area contributed by atoms with Gasteiger partial charge >= 0.3 is 0 Å². The summed E-state index contributed by atoms with van der Waals surface area (Å²) in [4.78, 5) is 26.0. The first kappa shape index (κ1) is 17.6. The molecule has 23 heavy (non-hydrogen) atoms. The van der Waals surface area contributed by atoms with Crippen LogP contribution < -0.4 is 15.0 Å². The van der Waals surface area contributed by atoms with Gasteiger partial charge in [0.2, 0.25) is 11.8 Å². The summed E-state index contributed by atoms with van der Waals surface area (Å²) in [6.45, 7) is 4.70. The summed E-state index contributed by atoms with van der Waals surface area (Å²) in [6, 6.07) is 7.41. The van der Waals surface area contributed by atoms with Crippen LogP contribution in [0.25, 0.3) is 0 Å². The van der Waals surface area contributed by atoms with E-state index in [1.54, 1.807) is 25.9 Å². The zero-order chi connectivity index (χ0) is 17.0. The van der Waals surface area contributed by atoms with Crippen LogP contribution in [0, 0.1) is 11.3 Å². The van der Waals surface area contributed by atoms with Crippen molar-refractivity contribution < 1.29 is 14.3 Å². The zero-order valence-electron chi connectivity index (χ0n) is 13.8. The second-order valence-corrected chi connectivity index (χ2v) is 6.77. The predicted octanol–water partition coefficient (Wildman–Crippen LogP) is 2.43. The molecule has 6 heteroatoms. The number of methoxy groups -OCH3 is 1. The number of nitrogens with one attached hydrogen (secondary N) is 1. The zero-order valence-corrected chi connectivity index (χ0v) is 14.5. The Labute approximate surface area is 141 Å². The van der Waals surface area contributed by atoms with Crippen molar-refractivity contribution in [3.63, 3.8) is 0 Å². The van der Waals surface area contributed by atoms with Crippen LogP contribution >= 0.6 is 11.6 Å². The van der Waals surface area contributed by atoms with Gasteiger partial charge < -0.3 is 15.0 Å². The van der Waals surface area contributed by atoms with E-state index in [0.29, 0.717) is 19.5 Å². The first-order chi connectivity index (χ1) is 10.9.